The zero-order valence-electron chi connectivity index (χ0n) is 7.60. The van der Waals surface area contributed by atoms with Gasteiger partial charge in [0.1, 0.15) is 0 Å². The van der Waals surface area contributed by atoms with Crippen LogP contribution in [0.1, 0.15) is 11.3 Å². The van der Waals surface area contributed by atoms with E-state index in [0.717, 1.165) is 25.2 Å². The van der Waals surface area contributed by atoms with Crippen molar-refractivity contribution < 1.29 is 0 Å². The van der Waals surface area contributed by atoms with Crippen molar-refractivity contribution in [3.8, 4) is 0 Å². The summed E-state index contributed by atoms with van der Waals surface area (Å²) in [5.74, 6) is 0. The van der Waals surface area contributed by atoms with Gasteiger partial charge in [-0.1, -0.05) is 0 Å². The van der Waals surface area contributed by atoms with E-state index in [2.05, 4.69) is 21.6 Å². The third-order valence-electron chi connectivity index (χ3n) is 2.41. The smallest absolute Gasteiger partial charge is 0.155 e. The van der Waals surface area contributed by atoms with E-state index in [-0.39, 0.29) is 12.4 Å². The molecule has 0 spiro atoms. The van der Waals surface area contributed by atoms with E-state index in [9.17, 15) is 0 Å². The molecule has 0 atom stereocenters. The van der Waals surface area contributed by atoms with Crippen LogP contribution >= 0.6 is 12.4 Å². The van der Waals surface area contributed by atoms with E-state index < -0.39 is 0 Å². The number of aromatic nitrogens is 3. The van der Waals surface area contributed by atoms with Gasteiger partial charge in [0.2, 0.25) is 0 Å². The highest BCUT2D eigenvalue weighted by Crippen LogP contribution is 2.12. The first kappa shape index (κ1) is 9.43. The van der Waals surface area contributed by atoms with Gasteiger partial charge in [-0.05, 0) is 18.5 Å². The largest absolute Gasteiger partial charge is 0.311 e. The molecule has 2 aromatic heterocycles. The van der Waals surface area contributed by atoms with Gasteiger partial charge in [-0.2, -0.15) is 5.10 Å². The standard InChI is InChI=1S/C9H10N4.ClH/c1-3-10-5-8-7(1)6-13-9(12-8)2-4-11-13;/h2,4,6,10H,1,3,5H2;1H. The number of hydrogen-bond acceptors (Lipinski definition) is 3. The lowest BCUT2D eigenvalue weighted by atomic mass is 10.1. The van der Waals surface area contributed by atoms with Gasteiger partial charge in [-0.25, -0.2) is 9.50 Å². The Labute approximate surface area is 87.7 Å². The Morgan fingerprint density at radius 3 is 3.29 bits per heavy atom. The Bertz CT molecular complexity index is 411. The van der Waals surface area contributed by atoms with Gasteiger partial charge >= 0.3 is 0 Å². The molecule has 0 fully saturated rings. The van der Waals surface area contributed by atoms with Crippen molar-refractivity contribution in [2.45, 2.75) is 13.0 Å². The first-order valence-corrected chi connectivity index (χ1v) is 4.46. The minimum atomic E-state index is 0. The monoisotopic (exact) mass is 210 g/mol. The number of nitrogens with zero attached hydrogens (tertiary/aromatic N) is 3. The zero-order chi connectivity index (χ0) is 8.67. The van der Waals surface area contributed by atoms with E-state index >= 15 is 0 Å². The molecule has 1 N–H and O–H groups in total. The van der Waals surface area contributed by atoms with E-state index in [1.807, 2.05) is 10.6 Å². The fraction of sp³-hybridized carbons (Fsp3) is 0.333. The molecule has 0 unspecified atom stereocenters. The average molecular weight is 211 g/mol. The Morgan fingerprint density at radius 1 is 1.43 bits per heavy atom. The molecule has 14 heavy (non-hydrogen) atoms. The van der Waals surface area contributed by atoms with Crippen molar-refractivity contribution in [1.29, 1.82) is 0 Å². The van der Waals surface area contributed by atoms with Crippen LogP contribution in [-0.2, 0) is 13.0 Å². The third kappa shape index (κ3) is 1.36. The van der Waals surface area contributed by atoms with Gasteiger partial charge in [-0.3, -0.25) is 0 Å². The van der Waals surface area contributed by atoms with Crippen molar-refractivity contribution in [3.05, 3.63) is 29.7 Å². The summed E-state index contributed by atoms with van der Waals surface area (Å²) in [6, 6.07) is 1.93. The molecule has 74 valence electrons. The number of nitrogens with one attached hydrogen (secondary N) is 1. The average Bonchev–Trinajstić information content (AvgIpc) is 2.61. The molecular formula is C9H11ClN4. The minimum absolute atomic E-state index is 0. The number of hydrogen-bond donors (Lipinski definition) is 1. The second kappa shape index (κ2) is 3.55. The van der Waals surface area contributed by atoms with Gasteiger partial charge in [0.15, 0.2) is 5.65 Å². The molecule has 0 saturated carbocycles. The Balaban J connectivity index is 0.000000750. The van der Waals surface area contributed by atoms with Gasteiger partial charge in [0.25, 0.3) is 0 Å². The quantitative estimate of drug-likeness (QED) is 0.700. The van der Waals surface area contributed by atoms with Crippen LogP contribution in [0.2, 0.25) is 0 Å². The molecule has 3 rings (SSSR count). The summed E-state index contributed by atoms with van der Waals surface area (Å²) in [7, 11) is 0. The molecule has 0 amide bonds. The van der Waals surface area contributed by atoms with Crippen LogP contribution in [0, 0.1) is 0 Å². The molecule has 4 nitrogen and oxygen atoms in total. The van der Waals surface area contributed by atoms with Crippen molar-refractivity contribution in [2.24, 2.45) is 0 Å². The molecule has 0 bridgehead atoms. The lowest BCUT2D eigenvalue weighted by molar-refractivity contribution is 0.622. The summed E-state index contributed by atoms with van der Waals surface area (Å²) in [6.45, 7) is 1.93. The highest BCUT2D eigenvalue weighted by molar-refractivity contribution is 5.85. The van der Waals surface area contributed by atoms with Gasteiger partial charge in [0, 0.05) is 18.8 Å². The summed E-state index contributed by atoms with van der Waals surface area (Å²) in [5, 5.41) is 7.47. The molecule has 1 aliphatic heterocycles. The van der Waals surface area contributed by atoms with Crippen molar-refractivity contribution in [3.63, 3.8) is 0 Å². The fourth-order valence-corrected chi connectivity index (χ4v) is 1.72. The van der Waals surface area contributed by atoms with Crippen LogP contribution in [0.25, 0.3) is 5.65 Å². The topological polar surface area (TPSA) is 42.2 Å². The maximum atomic E-state index is 4.51. The van der Waals surface area contributed by atoms with E-state index in [1.54, 1.807) is 6.20 Å². The van der Waals surface area contributed by atoms with Crippen molar-refractivity contribution in [1.82, 2.24) is 19.9 Å². The van der Waals surface area contributed by atoms with Crippen LogP contribution in [-0.4, -0.2) is 21.1 Å². The van der Waals surface area contributed by atoms with E-state index in [0.29, 0.717) is 0 Å². The van der Waals surface area contributed by atoms with Gasteiger partial charge in [0.05, 0.1) is 11.9 Å². The molecular weight excluding hydrogens is 200 g/mol. The number of halogens is 1. The second-order valence-electron chi connectivity index (χ2n) is 3.27. The molecule has 0 saturated heterocycles. The molecule has 1 aliphatic rings. The number of fused-ring (bicyclic) bond motifs is 2. The summed E-state index contributed by atoms with van der Waals surface area (Å²) >= 11 is 0. The minimum Gasteiger partial charge on any atom is -0.311 e. The highest BCUT2D eigenvalue weighted by atomic mass is 35.5. The van der Waals surface area contributed by atoms with Gasteiger partial charge < -0.3 is 5.32 Å². The lowest BCUT2D eigenvalue weighted by Crippen LogP contribution is -2.25. The molecule has 0 radical (unpaired) electrons. The first-order valence-electron chi connectivity index (χ1n) is 4.46. The zero-order valence-corrected chi connectivity index (χ0v) is 8.42. The fourth-order valence-electron chi connectivity index (χ4n) is 1.72. The summed E-state index contributed by atoms with van der Waals surface area (Å²) < 4.78 is 1.84. The maximum absolute atomic E-state index is 4.51. The van der Waals surface area contributed by atoms with Crippen molar-refractivity contribution in [2.75, 3.05) is 6.54 Å². The summed E-state index contributed by atoms with van der Waals surface area (Å²) in [6.07, 6.45) is 4.91. The van der Waals surface area contributed by atoms with Crippen LogP contribution < -0.4 is 5.32 Å². The van der Waals surface area contributed by atoms with Crippen LogP contribution in [0.4, 0.5) is 0 Å². The number of rotatable bonds is 0. The summed E-state index contributed by atoms with van der Waals surface area (Å²) in [5.41, 5.74) is 3.41. The Morgan fingerprint density at radius 2 is 2.36 bits per heavy atom. The predicted octanol–water partition coefficient (Wildman–Crippen LogP) is 0.797. The molecule has 0 aromatic carbocycles. The second-order valence-corrected chi connectivity index (χ2v) is 3.27. The lowest BCUT2D eigenvalue weighted by Gasteiger charge is -2.15. The highest BCUT2D eigenvalue weighted by Gasteiger charge is 2.10. The Hall–Kier alpha value is -1.13. The van der Waals surface area contributed by atoms with Crippen LogP contribution in [0.15, 0.2) is 18.5 Å². The first-order chi connectivity index (χ1) is 6.43. The van der Waals surface area contributed by atoms with Crippen molar-refractivity contribution >= 4 is 18.1 Å². The molecule has 3 heterocycles. The van der Waals surface area contributed by atoms with Gasteiger partial charge in [-0.15, -0.1) is 12.4 Å². The SMILES string of the molecule is Cl.c1cc2nc3c(cn2n1)CCNC3. The third-order valence-corrected chi connectivity index (χ3v) is 2.41. The Kier molecular flexibility index (Phi) is 2.39. The predicted molar refractivity (Wildman–Crippen MR) is 55.6 cm³/mol. The van der Waals surface area contributed by atoms with E-state index in [1.165, 1.54) is 11.3 Å². The van der Waals surface area contributed by atoms with Crippen LogP contribution in [0.5, 0.6) is 0 Å². The molecule has 0 aliphatic carbocycles. The molecule has 5 heteroatoms. The maximum Gasteiger partial charge on any atom is 0.155 e. The van der Waals surface area contributed by atoms with Crippen LogP contribution in [0.3, 0.4) is 0 Å². The normalized spacial score (nSPS) is 14.9. The summed E-state index contributed by atoms with van der Waals surface area (Å²) in [4.78, 5) is 4.51. The molecule has 2 aromatic rings. The van der Waals surface area contributed by atoms with E-state index in [4.69, 9.17) is 0 Å².